The first-order valence-electron chi connectivity index (χ1n) is 6.88. The molecule has 0 atom stereocenters. The Balaban J connectivity index is 1.96. The van der Waals surface area contributed by atoms with Gasteiger partial charge in [-0.2, -0.15) is 0 Å². The summed E-state index contributed by atoms with van der Waals surface area (Å²) in [6.45, 7) is 2.88. The smallest absolute Gasteiger partial charge is 0.248 e. The van der Waals surface area contributed by atoms with Crippen LogP contribution in [0.2, 0.25) is 0 Å². The van der Waals surface area contributed by atoms with E-state index in [1.807, 2.05) is 12.1 Å². The van der Waals surface area contributed by atoms with Gasteiger partial charge in [0.1, 0.15) is 18.6 Å². The molecule has 21 heavy (non-hydrogen) atoms. The van der Waals surface area contributed by atoms with E-state index in [9.17, 15) is 4.79 Å². The lowest BCUT2D eigenvalue weighted by atomic mass is 9.96. The van der Waals surface area contributed by atoms with E-state index in [-0.39, 0.29) is 12.5 Å². The monoisotopic (exact) mass is 287 g/mol. The third kappa shape index (κ3) is 2.46. The van der Waals surface area contributed by atoms with E-state index in [0.29, 0.717) is 6.54 Å². The van der Waals surface area contributed by atoms with Gasteiger partial charge in [-0.25, -0.2) is 4.68 Å². The molecule has 2 aromatic rings. The minimum absolute atomic E-state index is 0.0350. The fourth-order valence-electron chi connectivity index (χ4n) is 2.74. The molecule has 0 aliphatic carbocycles. The van der Waals surface area contributed by atoms with Crippen LogP contribution in [0.25, 0.3) is 0 Å². The van der Waals surface area contributed by atoms with Crippen LogP contribution in [0, 0.1) is 6.92 Å². The molecule has 0 unspecified atom stereocenters. The molecule has 7 heteroatoms. The zero-order valence-electron chi connectivity index (χ0n) is 12.1. The number of fused-ring (bicyclic) bond motifs is 1. The molecule has 0 radical (unpaired) electrons. The van der Waals surface area contributed by atoms with Crippen molar-refractivity contribution in [3.63, 3.8) is 0 Å². The highest BCUT2D eigenvalue weighted by Gasteiger charge is 2.27. The van der Waals surface area contributed by atoms with Gasteiger partial charge in [0.2, 0.25) is 5.91 Å². The van der Waals surface area contributed by atoms with Gasteiger partial charge in [-0.05, 0) is 47.4 Å². The second kappa shape index (κ2) is 5.51. The molecule has 1 aromatic heterocycles. The number of ether oxygens (including phenoxy) is 1. The first kappa shape index (κ1) is 13.5. The van der Waals surface area contributed by atoms with Crippen molar-refractivity contribution >= 4 is 11.6 Å². The van der Waals surface area contributed by atoms with Crippen LogP contribution in [0.15, 0.2) is 18.5 Å². The molecule has 1 aliphatic heterocycles. The van der Waals surface area contributed by atoms with E-state index < -0.39 is 0 Å². The molecule has 1 amide bonds. The number of aryl methyl sites for hydroxylation is 1. The molecule has 0 spiro atoms. The van der Waals surface area contributed by atoms with Crippen LogP contribution < -0.4 is 9.64 Å². The molecule has 0 N–H and O–H groups in total. The summed E-state index contributed by atoms with van der Waals surface area (Å²) in [5.74, 6) is 0.701. The highest BCUT2D eigenvalue weighted by molar-refractivity contribution is 5.96. The molecule has 1 aromatic carbocycles. The van der Waals surface area contributed by atoms with Crippen molar-refractivity contribution in [3.05, 3.63) is 29.6 Å². The third-order valence-corrected chi connectivity index (χ3v) is 3.77. The third-order valence-electron chi connectivity index (χ3n) is 3.77. The molecule has 7 nitrogen and oxygen atoms in total. The van der Waals surface area contributed by atoms with Crippen molar-refractivity contribution in [3.8, 4) is 5.75 Å². The van der Waals surface area contributed by atoms with Gasteiger partial charge in [-0.3, -0.25) is 4.79 Å². The van der Waals surface area contributed by atoms with Crippen molar-refractivity contribution in [2.24, 2.45) is 0 Å². The molecule has 1 aliphatic rings. The molecule has 0 bridgehead atoms. The van der Waals surface area contributed by atoms with Gasteiger partial charge in [-0.15, -0.1) is 5.10 Å². The summed E-state index contributed by atoms with van der Waals surface area (Å²) < 4.78 is 6.87. The fraction of sp³-hybridized carbons (Fsp3) is 0.429. The van der Waals surface area contributed by atoms with Crippen LogP contribution in [0.1, 0.15) is 17.5 Å². The maximum atomic E-state index is 12.6. The number of methoxy groups -OCH3 is 1. The predicted octanol–water partition coefficient (Wildman–Crippen LogP) is 0.970. The summed E-state index contributed by atoms with van der Waals surface area (Å²) in [4.78, 5) is 14.3. The predicted molar refractivity (Wildman–Crippen MR) is 76.2 cm³/mol. The number of hydrogen-bond acceptors (Lipinski definition) is 5. The minimum atomic E-state index is -0.0350. The first-order chi connectivity index (χ1) is 10.2. The second-order valence-corrected chi connectivity index (χ2v) is 5.07. The second-order valence-electron chi connectivity index (χ2n) is 5.07. The maximum Gasteiger partial charge on any atom is 0.248 e. The van der Waals surface area contributed by atoms with E-state index in [2.05, 4.69) is 22.4 Å². The van der Waals surface area contributed by atoms with Gasteiger partial charge in [0.25, 0.3) is 0 Å². The molecular formula is C14H17N5O2. The standard InChI is InChI=1S/C14H17N5O2/c1-10-5-6-12(21-2)14-11(10)4-3-7-19(14)13(20)8-18-9-15-16-17-18/h5-6,9H,3-4,7-8H2,1-2H3. The van der Waals surface area contributed by atoms with Crippen LogP contribution in [0.5, 0.6) is 5.75 Å². The van der Waals surface area contributed by atoms with E-state index >= 15 is 0 Å². The Hall–Kier alpha value is -2.44. The van der Waals surface area contributed by atoms with Crippen molar-refractivity contribution in [2.75, 3.05) is 18.6 Å². The largest absolute Gasteiger partial charge is 0.495 e. The number of aromatic nitrogens is 4. The first-order valence-corrected chi connectivity index (χ1v) is 6.88. The van der Waals surface area contributed by atoms with Crippen molar-refractivity contribution in [1.82, 2.24) is 20.2 Å². The molecule has 110 valence electrons. The number of nitrogens with zero attached hydrogens (tertiary/aromatic N) is 5. The SMILES string of the molecule is COc1ccc(C)c2c1N(C(=O)Cn1cnnn1)CCC2. The number of hydrogen-bond donors (Lipinski definition) is 0. The summed E-state index contributed by atoms with van der Waals surface area (Å²) in [6, 6.07) is 3.95. The zero-order chi connectivity index (χ0) is 14.8. The van der Waals surface area contributed by atoms with Gasteiger partial charge < -0.3 is 9.64 Å². The van der Waals surface area contributed by atoms with Gasteiger partial charge in [0.05, 0.1) is 12.8 Å². The Morgan fingerprint density at radius 3 is 3.00 bits per heavy atom. The summed E-state index contributed by atoms with van der Waals surface area (Å²) in [7, 11) is 1.63. The molecule has 0 saturated carbocycles. The average Bonchev–Trinajstić information content (AvgIpc) is 3.00. The lowest BCUT2D eigenvalue weighted by molar-refractivity contribution is -0.119. The summed E-state index contributed by atoms with van der Waals surface area (Å²) in [5, 5.41) is 10.8. The van der Waals surface area contributed by atoms with Crippen molar-refractivity contribution in [1.29, 1.82) is 0 Å². The fourth-order valence-corrected chi connectivity index (χ4v) is 2.74. The van der Waals surface area contributed by atoms with Crippen LogP contribution in [0.4, 0.5) is 5.69 Å². The lowest BCUT2D eigenvalue weighted by Gasteiger charge is -2.31. The Bertz CT molecular complexity index is 654. The van der Waals surface area contributed by atoms with Gasteiger partial charge in [-0.1, -0.05) is 6.07 Å². The molecule has 0 saturated heterocycles. The zero-order valence-corrected chi connectivity index (χ0v) is 12.1. The highest BCUT2D eigenvalue weighted by Crippen LogP contribution is 2.38. The quantitative estimate of drug-likeness (QED) is 0.841. The van der Waals surface area contributed by atoms with Gasteiger partial charge in [0, 0.05) is 6.54 Å². The summed E-state index contributed by atoms with van der Waals surface area (Å²) >= 11 is 0. The van der Waals surface area contributed by atoms with E-state index in [0.717, 1.165) is 24.3 Å². The molecular weight excluding hydrogens is 270 g/mol. The van der Waals surface area contributed by atoms with Crippen molar-refractivity contribution in [2.45, 2.75) is 26.3 Å². The van der Waals surface area contributed by atoms with Crippen LogP contribution in [-0.4, -0.2) is 39.8 Å². The number of carbonyl (C=O) groups is 1. The maximum absolute atomic E-state index is 12.6. The molecule has 3 rings (SSSR count). The van der Waals surface area contributed by atoms with Crippen LogP contribution in [0.3, 0.4) is 0 Å². The summed E-state index contributed by atoms with van der Waals surface area (Å²) in [6.07, 6.45) is 3.35. The number of carbonyl (C=O) groups excluding carboxylic acids is 1. The summed E-state index contributed by atoms with van der Waals surface area (Å²) in [5.41, 5.74) is 3.26. The van der Waals surface area contributed by atoms with Crippen LogP contribution in [-0.2, 0) is 17.8 Å². The number of rotatable bonds is 3. The Kier molecular flexibility index (Phi) is 3.55. The number of tetrazole rings is 1. The van der Waals surface area contributed by atoms with E-state index in [1.54, 1.807) is 12.0 Å². The van der Waals surface area contributed by atoms with Crippen LogP contribution >= 0.6 is 0 Å². The van der Waals surface area contributed by atoms with E-state index in [1.165, 1.54) is 22.1 Å². The lowest BCUT2D eigenvalue weighted by Crippen LogP contribution is -2.38. The number of anilines is 1. The number of amides is 1. The Morgan fingerprint density at radius 1 is 1.43 bits per heavy atom. The van der Waals surface area contributed by atoms with Gasteiger partial charge >= 0.3 is 0 Å². The molecule has 2 heterocycles. The Labute approximate surface area is 122 Å². The normalized spacial score (nSPS) is 13.9. The van der Waals surface area contributed by atoms with Gasteiger partial charge in [0.15, 0.2) is 0 Å². The highest BCUT2D eigenvalue weighted by atomic mass is 16.5. The molecule has 0 fully saturated rings. The average molecular weight is 287 g/mol. The Morgan fingerprint density at radius 2 is 2.29 bits per heavy atom. The minimum Gasteiger partial charge on any atom is -0.495 e. The number of benzene rings is 1. The van der Waals surface area contributed by atoms with E-state index in [4.69, 9.17) is 4.74 Å². The topological polar surface area (TPSA) is 73.1 Å². The van der Waals surface area contributed by atoms with Crippen molar-refractivity contribution < 1.29 is 9.53 Å².